The third kappa shape index (κ3) is 2.33. The molecule has 1 saturated carbocycles. The number of hydrogen-bond acceptors (Lipinski definition) is 2. The van der Waals surface area contributed by atoms with E-state index in [0.717, 1.165) is 42.1 Å². The van der Waals surface area contributed by atoms with Gasteiger partial charge in [0.1, 0.15) is 5.69 Å². The van der Waals surface area contributed by atoms with Crippen molar-refractivity contribution in [1.82, 2.24) is 14.8 Å². The molecule has 4 nitrogen and oxygen atoms in total. The summed E-state index contributed by atoms with van der Waals surface area (Å²) in [5.41, 5.74) is 1.86. The molecule has 1 N–H and O–H groups in total. The van der Waals surface area contributed by atoms with Gasteiger partial charge in [-0.1, -0.05) is 18.2 Å². The van der Waals surface area contributed by atoms with Crippen molar-refractivity contribution in [3.8, 4) is 0 Å². The first kappa shape index (κ1) is 12.9. The van der Waals surface area contributed by atoms with E-state index in [0.29, 0.717) is 6.04 Å². The van der Waals surface area contributed by atoms with E-state index in [4.69, 9.17) is 0 Å². The third-order valence-corrected chi connectivity index (χ3v) is 4.80. The zero-order chi connectivity index (χ0) is 14.4. The molecule has 0 unspecified atom stereocenters. The van der Waals surface area contributed by atoms with Gasteiger partial charge in [0.05, 0.1) is 0 Å². The van der Waals surface area contributed by atoms with E-state index in [2.05, 4.69) is 22.3 Å². The quantitative estimate of drug-likeness (QED) is 0.937. The summed E-state index contributed by atoms with van der Waals surface area (Å²) in [4.78, 5) is 15.1. The van der Waals surface area contributed by atoms with Gasteiger partial charge in [-0.25, -0.2) is 0 Å². The van der Waals surface area contributed by atoms with Crippen molar-refractivity contribution < 1.29 is 4.79 Å². The molecule has 0 bridgehead atoms. The molecule has 2 aliphatic rings. The maximum Gasteiger partial charge on any atom is 0.268 e. The number of hydrogen-bond donors (Lipinski definition) is 1. The number of fused-ring (bicyclic) bond motifs is 1. The predicted molar refractivity (Wildman–Crippen MR) is 83.4 cm³/mol. The number of carbonyl (C=O) groups is 1. The second-order valence-electron chi connectivity index (χ2n) is 6.33. The summed E-state index contributed by atoms with van der Waals surface area (Å²) in [6.45, 7) is 2.14. The van der Waals surface area contributed by atoms with Gasteiger partial charge in [-0.05, 0) is 31.4 Å². The topological polar surface area (TPSA) is 37.3 Å². The minimum atomic E-state index is 0.0522. The number of nitrogens with zero attached hydrogens (tertiary/aromatic N) is 2. The minimum absolute atomic E-state index is 0.0522. The fourth-order valence-corrected chi connectivity index (χ4v) is 3.44. The average molecular weight is 283 g/mol. The van der Waals surface area contributed by atoms with Gasteiger partial charge in [-0.2, -0.15) is 0 Å². The van der Waals surface area contributed by atoms with E-state index in [1.54, 1.807) is 0 Å². The highest BCUT2D eigenvalue weighted by molar-refractivity contribution is 5.98. The maximum atomic E-state index is 12.5. The number of amides is 1. The highest BCUT2D eigenvalue weighted by Crippen LogP contribution is 2.29. The fourth-order valence-electron chi connectivity index (χ4n) is 3.44. The molecule has 2 fully saturated rings. The Labute approximate surface area is 124 Å². The van der Waals surface area contributed by atoms with E-state index >= 15 is 0 Å². The summed E-state index contributed by atoms with van der Waals surface area (Å²) >= 11 is 0. The van der Waals surface area contributed by atoms with Crippen LogP contribution in [-0.4, -0.2) is 40.5 Å². The minimum Gasteiger partial charge on any atom is -0.347 e. The molecule has 2 heterocycles. The molecular weight excluding hydrogens is 262 g/mol. The second-order valence-corrected chi connectivity index (χ2v) is 6.33. The highest BCUT2D eigenvalue weighted by atomic mass is 16.2. The Balaban J connectivity index is 1.50. The fraction of sp³-hybridized carbons (Fsp3) is 0.471. The number of rotatable bonds is 3. The van der Waals surface area contributed by atoms with Crippen LogP contribution < -0.4 is 5.32 Å². The molecule has 1 aromatic carbocycles. The summed E-state index contributed by atoms with van der Waals surface area (Å²) in [5, 5.41) is 4.33. The van der Waals surface area contributed by atoms with E-state index < -0.39 is 0 Å². The standard InChI is InChI=1S/C17H21N3O/c1-19-15-5-3-2-4-12(15)10-16(19)17(21)18-13-8-9-20(11-13)14-6-7-14/h2-5,10,13-14H,6-9,11H2,1H3,(H,18,21)/t13-/m1/s1. The van der Waals surface area contributed by atoms with Gasteiger partial charge in [0.25, 0.3) is 5.91 Å². The molecule has 1 saturated heterocycles. The number of aromatic nitrogens is 1. The van der Waals surface area contributed by atoms with Gasteiger partial charge < -0.3 is 9.88 Å². The van der Waals surface area contributed by atoms with Crippen LogP contribution in [0.25, 0.3) is 10.9 Å². The van der Waals surface area contributed by atoms with Crippen LogP contribution in [0.3, 0.4) is 0 Å². The number of nitrogens with one attached hydrogen (secondary N) is 1. The van der Waals surface area contributed by atoms with Crippen LogP contribution in [0.5, 0.6) is 0 Å². The van der Waals surface area contributed by atoms with Crippen molar-refractivity contribution in [1.29, 1.82) is 0 Å². The molecular formula is C17H21N3O. The smallest absolute Gasteiger partial charge is 0.268 e. The molecule has 4 rings (SSSR count). The molecule has 1 aromatic heterocycles. The van der Waals surface area contributed by atoms with Crippen molar-refractivity contribution >= 4 is 16.8 Å². The van der Waals surface area contributed by atoms with E-state index in [9.17, 15) is 4.79 Å². The lowest BCUT2D eigenvalue weighted by Gasteiger charge is -2.16. The Morgan fingerprint density at radius 1 is 1.24 bits per heavy atom. The van der Waals surface area contributed by atoms with Gasteiger partial charge >= 0.3 is 0 Å². The van der Waals surface area contributed by atoms with Crippen molar-refractivity contribution in [3.63, 3.8) is 0 Å². The molecule has 1 aliphatic heterocycles. The first-order chi connectivity index (χ1) is 10.2. The zero-order valence-corrected chi connectivity index (χ0v) is 12.4. The van der Waals surface area contributed by atoms with Crippen molar-refractivity contribution in [2.75, 3.05) is 13.1 Å². The predicted octanol–water partition coefficient (Wildman–Crippen LogP) is 2.14. The van der Waals surface area contributed by atoms with Gasteiger partial charge in [0.15, 0.2) is 0 Å². The Morgan fingerprint density at radius 3 is 2.81 bits per heavy atom. The Kier molecular flexibility index (Phi) is 3.00. The Bertz CT molecular complexity index is 686. The molecule has 2 aromatic rings. The largest absolute Gasteiger partial charge is 0.347 e. The summed E-state index contributed by atoms with van der Waals surface area (Å²) in [6, 6.07) is 11.2. The maximum absolute atomic E-state index is 12.5. The first-order valence-electron chi connectivity index (χ1n) is 7.82. The molecule has 1 amide bonds. The van der Waals surface area contributed by atoms with Crippen LogP contribution in [0.1, 0.15) is 29.8 Å². The zero-order valence-electron chi connectivity index (χ0n) is 12.4. The molecule has 4 heteroatoms. The SMILES string of the molecule is Cn1c(C(=O)N[C@@H]2CCN(C3CC3)C2)cc2ccccc21. The number of likely N-dealkylation sites (tertiary alicyclic amines) is 1. The Hall–Kier alpha value is -1.81. The van der Waals surface area contributed by atoms with Crippen molar-refractivity contribution in [2.45, 2.75) is 31.3 Å². The van der Waals surface area contributed by atoms with Crippen molar-refractivity contribution in [2.24, 2.45) is 7.05 Å². The lowest BCUT2D eigenvalue weighted by atomic mass is 10.2. The van der Waals surface area contributed by atoms with Gasteiger partial charge in [0.2, 0.25) is 0 Å². The molecule has 110 valence electrons. The number of para-hydroxylation sites is 1. The lowest BCUT2D eigenvalue weighted by molar-refractivity contribution is 0.0929. The molecule has 1 aliphatic carbocycles. The molecule has 1 atom stereocenters. The monoisotopic (exact) mass is 283 g/mol. The van der Waals surface area contributed by atoms with Crippen LogP contribution in [0, 0.1) is 0 Å². The van der Waals surface area contributed by atoms with Crippen LogP contribution in [-0.2, 0) is 7.05 Å². The van der Waals surface area contributed by atoms with Crippen molar-refractivity contribution in [3.05, 3.63) is 36.0 Å². The van der Waals surface area contributed by atoms with Gasteiger partial charge in [-0.15, -0.1) is 0 Å². The van der Waals surface area contributed by atoms with Crippen LogP contribution in [0.2, 0.25) is 0 Å². The van der Waals surface area contributed by atoms with Gasteiger partial charge in [0, 0.05) is 43.1 Å². The van der Waals surface area contributed by atoms with Crippen LogP contribution >= 0.6 is 0 Å². The molecule has 0 radical (unpaired) electrons. The third-order valence-electron chi connectivity index (χ3n) is 4.80. The number of carbonyl (C=O) groups excluding carboxylic acids is 1. The molecule has 0 spiro atoms. The molecule has 21 heavy (non-hydrogen) atoms. The average Bonchev–Trinajstić information content (AvgIpc) is 3.15. The van der Waals surface area contributed by atoms with Crippen LogP contribution in [0.15, 0.2) is 30.3 Å². The van der Waals surface area contributed by atoms with E-state index in [-0.39, 0.29) is 5.91 Å². The lowest BCUT2D eigenvalue weighted by Crippen LogP contribution is -2.38. The summed E-state index contributed by atoms with van der Waals surface area (Å²) in [6.07, 6.45) is 3.75. The van der Waals surface area contributed by atoms with Crippen LogP contribution in [0.4, 0.5) is 0 Å². The second kappa shape index (κ2) is 4.88. The number of aryl methyl sites for hydroxylation is 1. The van der Waals surface area contributed by atoms with E-state index in [1.165, 1.54) is 12.8 Å². The highest BCUT2D eigenvalue weighted by Gasteiger charge is 2.35. The van der Waals surface area contributed by atoms with E-state index in [1.807, 2.05) is 29.8 Å². The Morgan fingerprint density at radius 2 is 2.05 bits per heavy atom. The first-order valence-corrected chi connectivity index (χ1v) is 7.82. The summed E-state index contributed by atoms with van der Waals surface area (Å²) in [5.74, 6) is 0.0522. The summed E-state index contributed by atoms with van der Waals surface area (Å²) in [7, 11) is 1.96. The summed E-state index contributed by atoms with van der Waals surface area (Å²) < 4.78 is 1.98. The number of benzene rings is 1. The van der Waals surface area contributed by atoms with Gasteiger partial charge in [-0.3, -0.25) is 9.69 Å². The normalized spacial score (nSPS) is 22.8.